The van der Waals surface area contributed by atoms with E-state index in [9.17, 15) is 9.18 Å². The molecule has 2 aromatic carbocycles. The molecule has 1 fully saturated rings. The number of carbonyl (C=O) groups is 1. The standard InChI is InChI=1S/C26H29FN2O4/c1-17-14-21-22(30)8-13-32-24(21)16-23(17)31-12-3-2-9-29-10-6-18(7-11-29)26-20-5-4-19(27)15-25(20)33-28-26/h4-5,14-16,18H,2-3,6-13H2,1H3. The van der Waals surface area contributed by atoms with Crippen molar-refractivity contribution in [1.82, 2.24) is 10.1 Å². The summed E-state index contributed by atoms with van der Waals surface area (Å²) in [6, 6.07) is 8.39. The highest BCUT2D eigenvalue weighted by Gasteiger charge is 2.25. The van der Waals surface area contributed by atoms with Crippen molar-refractivity contribution in [2.24, 2.45) is 0 Å². The maximum Gasteiger partial charge on any atom is 0.170 e. The Kier molecular flexibility index (Phi) is 6.31. The van der Waals surface area contributed by atoms with E-state index in [-0.39, 0.29) is 11.6 Å². The first-order valence-electron chi connectivity index (χ1n) is 11.8. The fourth-order valence-corrected chi connectivity index (χ4v) is 4.83. The largest absolute Gasteiger partial charge is 0.493 e. The summed E-state index contributed by atoms with van der Waals surface area (Å²) >= 11 is 0. The molecule has 0 saturated carbocycles. The number of nitrogens with zero attached hydrogens (tertiary/aromatic N) is 2. The van der Waals surface area contributed by atoms with Crippen LogP contribution in [0.15, 0.2) is 34.9 Å². The molecule has 0 spiro atoms. The fraction of sp³-hybridized carbons (Fsp3) is 0.462. The van der Waals surface area contributed by atoms with Gasteiger partial charge in [0.2, 0.25) is 0 Å². The Hall–Kier alpha value is -2.93. The Morgan fingerprint density at radius 2 is 2.03 bits per heavy atom. The Labute approximate surface area is 192 Å². The van der Waals surface area contributed by atoms with Crippen molar-refractivity contribution in [1.29, 1.82) is 0 Å². The molecule has 0 radical (unpaired) electrons. The SMILES string of the molecule is Cc1cc2c(cc1OCCCCN1CCC(c3noc4cc(F)ccc34)CC1)OCCC2=O. The monoisotopic (exact) mass is 452 g/mol. The first-order chi connectivity index (χ1) is 16.1. The summed E-state index contributed by atoms with van der Waals surface area (Å²) in [5.41, 5.74) is 3.13. The maximum atomic E-state index is 13.4. The fourth-order valence-electron chi connectivity index (χ4n) is 4.83. The van der Waals surface area contributed by atoms with Gasteiger partial charge in [0, 0.05) is 29.9 Å². The summed E-state index contributed by atoms with van der Waals surface area (Å²) in [6.07, 6.45) is 4.54. The highest BCUT2D eigenvalue weighted by Crippen LogP contribution is 2.34. The van der Waals surface area contributed by atoms with Gasteiger partial charge in [0.05, 0.1) is 24.5 Å². The lowest BCUT2D eigenvalue weighted by Crippen LogP contribution is -2.34. The molecule has 0 amide bonds. The lowest BCUT2D eigenvalue weighted by atomic mass is 9.91. The zero-order valence-electron chi connectivity index (χ0n) is 18.9. The molecule has 0 aliphatic carbocycles. The van der Waals surface area contributed by atoms with Crippen molar-refractivity contribution in [2.45, 2.75) is 44.9 Å². The first kappa shape index (κ1) is 21.9. The van der Waals surface area contributed by atoms with Crippen molar-refractivity contribution in [2.75, 3.05) is 32.8 Å². The van der Waals surface area contributed by atoms with Crippen molar-refractivity contribution in [3.63, 3.8) is 0 Å². The predicted molar refractivity (Wildman–Crippen MR) is 123 cm³/mol. The number of rotatable bonds is 7. The van der Waals surface area contributed by atoms with Crippen LogP contribution in [0.2, 0.25) is 0 Å². The number of likely N-dealkylation sites (tertiary alicyclic amines) is 1. The van der Waals surface area contributed by atoms with Crippen LogP contribution in [0, 0.1) is 12.7 Å². The number of benzene rings is 2. The molecular weight excluding hydrogens is 423 g/mol. The quantitative estimate of drug-likeness (QED) is 0.455. The van der Waals surface area contributed by atoms with Crippen LogP contribution >= 0.6 is 0 Å². The van der Waals surface area contributed by atoms with Crippen molar-refractivity contribution in [3.05, 3.63) is 53.0 Å². The number of halogens is 1. The minimum atomic E-state index is -0.297. The molecule has 2 aliphatic heterocycles. The van der Waals surface area contributed by atoms with Gasteiger partial charge < -0.3 is 18.9 Å². The third-order valence-corrected chi connectivity index (χ3v) is 6.73. The maximum absolute atomic E-state index is 13.4. The number of ether oxygens (including phenoxy) is 2. The molecule has 3 aromatic rings. The van der Waals surface area contributed by atoms with E-state index in [0.29, 0.717) is 42.4 Å². The Morgan fingerprint density at radius 3 is 2.88 bits per heavy atom. The van der Waals surface area contributed by atoms with E-state index in [1.54, 1.807) is 6.07 Å². The van der Waals surface area contributed by atoms with Crippen LogP contribution in [-0.2, 0) is 0 Å². The van der Waals surface area contributed by atoms with Gasteiger partial charge in [-0.1, -0.05) is 5.16 Å². The van der Waals surface area contributed by atoms with E-state index < -0.39 is 0 Å². The second-order valence-electron chi connectivity index (χ2n) is 9.02. The molecule has 7 heteroatoms. The lowest BCUT2D eigenvalue weighted by molar-refractivity contribution is 0.0933. The Morgan fingerprint density at radius 1 is 1.18 bits per heavy atom. The van der Waals surface area contributed by atoms with E-state index >= 15 is 0 Å². The highest BCUT2D eigenvalue weighted by atomic mass is 19.1. The number of aromatic nitrogens is 1. The topological polar surface area (TPSA) is 64.8 Å². The number of aryl methyl sites for hydroxylation is 1. The summed E-state index contributed by atoms with van der Waals surface area (Å²) in [7, 11) is 0. The zero-order valence-corrected chi connectivity index (χ0v) is 18.9. The second kappa shape index (κ2) is 9.51. The van der Waals surface area contributed by atoms with Crippen LogP contribution < -0.4 is 9.47 Å². The summed E-state index contributed by atoms with van der Waals surface area (Å²) in [5.74, 6) is 1.63. The number of hydrogen-bond donors (Lipinski definition) is 0. The van der Waals surface area contributed by atoms with Crippen LogP contribution in [0.5, 0.6) is 11.5 Å². The molecule has 0 N–H and O–H groups in total. The molecule has 1 aromatic heterocycles. The van der Waals surface area contributed by atoms with Crippen LogP contribution in [0.1, 0.15) is 59.6 Å². The second-order valence-corrected chi connectivity index (χ2v) is 9.02. The van der Waals surface area contributed by atoms with Crippen molar-refractivity contribution in [3.8, 4) is 11.5 Å². The molecule has 5 rings (SSSR count). The number of ketones is 1. The molecule has 33 heavy (non-hydrogen) atoms. The summed E-state index contributed by atoms with van der Waals surface area (Å²) in [6.45, 7) is 6.15. The van der Waals surface area contributed by atoms with Crippen LogP contribution in [0.25, 0.3) is 11.0 Å². The van der Waals surface area contributed by atoms with Crippen LogP contribution in [-0.4, -0.2) is 48.7 Å². The van der Waals surface area contributed by atoms with Crippen molar-refractivity contribution >= 4 is 16.8 Å². The first-order valence-corrected chi connectivity index (χ1v) is 11.8. The third kappa shape index (κ3) is 4.74. The third-order valence-electron chi connectivity index (χ3n) is 6.73. The molecule has 3 heterocycles. The smallest absolute Gasteiger partial charge is 0.170 e. The minimum absolute atomic E-state index is 0.139. The molecule has 0 unspecified atom stereocenters. The average Bonchev–Trinajstić information content (AvgIpc) is 3.23. The van der Waals surface area contributed by atoms with Gasteiger partial charge in [0.15, 0.2) is 11.4 Å². The number of carbonyl (C=O) groups excluding carboxylic acids is 1. The molecule has 0 bridgehead atoms. The van der Waals surface area contributed by atoms with Gasteiger partial charge in [-0.2, -0.15) is 0 Å². The number of unbranched alkanes of at least 4 members (excludes halogenated alkanes) is 1. The molecule has 6 nitrogen and oxygen atoms in total. The van der Waals surface area contributed by atoms with E-state index in [1.807, 2.05) is 19.1 Å². The van der Waals surface area contributed by atoms with Gasteiger partial charge in [-0.05, 0) is 76.0 Å². The van der Waals surface area contributed by atoms with Gasteiger partial charge in [-0.15, -0.1) is 0 Å². The molecule has 2 aliphatic rings. The predicted octanol–water partition coefficient (Wildman–Crippen LogP) is 5.28. The number of piperidine rings is 1. The summed E-state index contributed by atoms with van der Waals surface area (Å²) in [5, 5.41) is 5.16. The number of Topliss-reactive ketones (excluding diaryl/α,β-unsaturated/α-hetero) is 1. The van der Waals surface area contributed by atoms with Gasteiger partial charge >= 0.3 is 0 Å². The molecule has 1 saturated heterocycles. The van der Waals surface area contributed by atoms with Gasteiger partial charge in [0.1, 0.15) is 17.3 Å². The molecular formula is C26H29FN2O4. The highest BCUT2D eigenvalue weighted by molar-refractivity contribution is 6.00. The van der Waals surface area contributed by atoms with E-state index in [4.69, 9.17) is 14.0 Å². The normalized spacial score (nSPS) is 17.2. The summed E-state index contributed by atoms with van der Waals surface area (Å²) in [4.78, 5) is 14.5. The van der Waals surface area contributed by atoms with Crippen LogP contribution in [0.4, 0.5) is 4.39 Å². The van der Waals surface area contributed by atoms with E-state index in [0.717, 1.165) is 67.7 Å². The zero-order chi connectivity index (χ0) is 22.8. The lowest BCUT2D eigenvalue weighted by Gasteiger charge is -2.31. The van der Waals surface area contributed by atoms with Gasteiger partial charge in [-0.3, -0.25) is 4.79 Å². The minimum Gasteiger partial charge on any atom is -0.493 e. The van der Waals surface area contributed by atoms with Crippen LogP contribution in [0.3, 0.4) is 0 Å². The molecule has 0 atom stereocenters. The Bertz CT molecular complexity index is 1150. The Balaban J connectivity index is 1.06. The van der Waals surface area contributed by atoms with E-state index in [1.165, 1.54) is 12.1 Å². The summed E-state index contributed by atoms with van der Waals surface area (Å²) < 4.78 is 30.3. The number of fused-ring (bicyclic) bond motifs is 2. The van der Waals surface area contributed by atoms with Gasteiger partial charge in [-0.25, -0.2) is 4.39 Å². The van der Waals surface area contributed by atoms with E-state index in [2.05, 4.69) is 10.1 Å². The van der Waals surface area contributed by atoms with Gasteiger partial charge in [0.25, 0.3) is 0 Å². The average molecular weight is 453 g/mol. The number of hydrogen-bond acceptors (Lipinski definition) is 6. The van der Waals surface area contributed by atoms with Crippen molar-refractivity contribution < 1.29 is 23.2 Å². The molecule has 174 valence electrons.